The van der Waals surface area contributed by atoms with E-state index in [1.54, 1.807) is 18.0 Å². The van der Waals surface area contributed by atoms with Crippen LogP contribution < -0.4 is 10.6 Å². The highest BCUT2D eigenvalue weighted by molar-refractivity contribution is 7.98. The van der Waals surface area contributed by atoms with Gasteiger partial charge in [0.05, 0.1) is 24.3 Å². The predicted octanol–water partition coefficient (Wildman–Crippen LogP) is 4.03. The van der Waals surface area contributed by atoms with Gasteiger partial charge in [-0.3, -0.25) is 4.79 Å². The van der Waals surface area contributed by atoms with Crippen molar-refractivity contribution < 1.29 is 13.7 Å². The van der Waals surface area contributed by atoms with E-state index in [-0.39, 0.29) is 5.91 Å². The van der Waals surface area contributed by atoms with Crippen LogP contribution in [0.25, 0.3) is 0 Å². The van der Waals surface area contributed by atoms with Crippen molar-refractivity contribution in [1.29, 1.82) is 0 Å². The molecule has 1 aliphatic heterocycles. The second-order valence-corrected chi connectivity index (χ2v) is 8.71. The van der Waals surface area contributed by atoms with E-state index in [1.165, 1.54) is 4.90 Å². The monoisotopic (exact) mass is 425 g/mol. The van der Waals surface area contributed by atoms with Gasteiger partial charge in [-0.2, -0.15) is 0 Å². The quantitative estimate of drug-likeness (QED) is 0.504. The molecule has 0 spiro atoms. The van der Waals surface area contributed by atoms with Crippen molar-refractivity contribution in [3.8, 4) is 0 Å². The zero-order valence-electron chi connectivity index (χ0n) is 16.9. The topological polar surface area (TPSA) is 80.3 Å². The number of furan rings is 1. The van der Waals surface area contributed by atoms with Gasteiger partial charge in [0.2, 0.25) is 5.91 Å². The van der Waals surface area contributed by atoms with E-state index in [0.29, 0.717) is 24.8 Å². The number of hydrogen-bond donors (Lipinski definition) is 2. The minimum absolute atomic E-state index is 0.0726. The Morgan fingerprint density at radius 2 is 2.07 bits per heavy atom. The van der Waals surface area contributed by atoms with Gasteiger partial charge in [-0.25, -0.2) is 0 Å². The standard InChI is InChI=1S/C23H27N3O3S/c27-23(25-15-20-5-4-10-28-20)12-17-8-9-24-14-18(17)11-19-13-21(29-26-19)16-30-22-6-2-1-3-7-22/h1-7,10,13,17-18,24H,8-9,11-12,14-16H2,(H,25,27)/t17-,18+/m0/s1. The maximum Gasteiger partial charge on any atom is 0.220 e. The molecule has 2 N–H and O–H groups in total. The van der Waals surface area contributed by atoms with Crippen molar-refractivity contribution in [3.63, 3.8) is 0 Å². The number of benzene rings is 1. The van der Waals surface area contributed by atoms with E-state index in [1.807, 2.05) is 30.3 Å². The molecule has 2 aromatic heterocycles. The largest absolute Gasteiger partial charge is 0.467 e. The van der Waals surface area contributed by atoms with Crippen molar-refractivity contribution >= 4 is 17.7 Å². The van der Waals surface area contributed by atoms with Crippen LogP contribution in [0.2, 0.25) is 0 Å². The molecule has 1 saturated heterocycles. The maximum absolute atomic E-state index is 12.4. The Bertz CT molecular complexity index is 911. The van der Waals surface area contributed by atoms with Crippen LogP contribution in [0.3, 0.4) is 0 Å². The average molecular weight is 426 g/mol. The predicted molar refractivity (Wildman–Crippen MR) is 116 cm³/mol. The summed E-state index contributed by atoms with van der Waals surface area (Å²) in [5, 5.41) is 10.7. The summed E-state index contributed by atoms with van der Waals surface area (Å²) in [7, 11) is 0. The van der Waals surface area contributed by atoms with Crippen LogP contribution >= 0.6 is 11.8 Å². The van der Waals surface area contributed by atoms with Crippen LogP contribution in [0.15, 0.2) is 68.6 Å². The highest BCUT2D eigenvalue weighted by Crippen LogP contribution is 2.27. The van der Waals surface area contributed by atoms with Gasteiger partial charge in [-0.1, -0.05) is 23.4 Å². The molecule has 0 bridgehead atoms. The second-order valence-electron chi connectivity index (χ2n) is 7.66. The summed E-state index contributed by atoms with van der Waals surface area (Å²) in [6.45, 7) is 2.29. The summed E-state index contributed by atoms with van der Waals surface area (Å²) in [4.78, 5) is 13.6. The number of nitrogens with zero attached hydrogens (tertiary/aromatic N) is 1. The summed E-state index contributed by atoms with van der Waals surface area (Å²) in [5.74, 6) is 3.19. The molecule has 4 rings (SSSR count). The average Bonchev–Trinajstić information content (AvgIpc) is 3.45. The highest BCUT2D eigenvalue weighted by Gasteiger charge is 2.28. The lowest BCUT2D eigenvalue weighted by Gasteiger charge is -2.31. The summed E-state index contributed by atoms with van der Waals surface area (Å²) < 4.78 is 10.8. The third-order valence-corrected chi connectivity index (χ3v) is 6.49. The maximum atomic E-state index is 12.4. The first-order valence-corrected chi connectivity index (χ1v) is 11.4. The molecule has 6 nitrogen and oxygen atoms in total. The van der Waals surface area contributed by atoms with E-state index < -0.39 is 0 Å². The van der Waals surface area contributed by atoms with Crippen molar-refractivity contribution in [1.82, 2.24) is 15.8 Å². The summed E-state index contributed by atoms with van der Waals surface area (Å²) in [5.41, 5.74) is 0.966. The molecule has 0 unspecified atom stereocenters. The summed E-state index contributed by atoms with van der Waals surface area (Å²) >= 11 is 1.74. The molecule has 1 amide bonds. The van der Waals surface area contributed by atoms with E-state index in [4.69, 9.17) is 8.94 Å². The SMILES string of the molecule is O=C(C[C@@H]1CCNC[C@H]1Cc1cc(CSc2ccccc2)on1)NCc1ccco1. The molecule has 2 atom stereocenters. The van der Waals surface area contributed by atoms with Gasteiger partial charge in [0, 0.05) is 17.4 Å². The first-order valence-electron chi connectivity index (χ1n) is 10.4. The number of amides is 1. The van der Waals surface area contributed by atoms with Crippen LogP contribution in [-0.4, -0.2) is 24.2 Å². The molecular formula is C23H27N3O3S. The van der Waals surface area contributed by atoms with Gasteiger partial charge in [0.25, 0.3) is 0 Å². The zero-order valence-corrected chi connectivity index (χ0v) is 17.7. The zero-order chi connectivity index (χ0) is 20.6. The van der Waals surface area contributed by atoms with Crippen LogP contribution in [-0.2, 0) is 23.5 Å². The van der Waals surface area contributed by atoms with Crippen molar-refractivity contribution in [2.24, 2.45) is 11.8 Å². The molecular weight excluding hydrogens is 398 g/mol. The molecule has 7 heteroatoms. The number of piperidine rings is 1. The third-order valence-electron chi connectivity index (χ3n) is 5.46. The Kier molecular flexibility index (Phi) is 7.26. The van der Waals surface area contributed by atoms with E-state index >= 15 is 0 Å². The fourth-order valence-electron chi connectivity index (χ4n) is 3.85. The first-order chi connectivity index (χ1) is 14.8. The molecule has 30 heavy (non-hydrogen) atoms. The molecule has 0 radical (unpaired) electrons. The minimum Gasteiger partial charge on any atom is -0.467 e. The number of rotatable bonds is 9. The van der Waals surface area contributed by atoms with Gasteiger partial charge in [-0.15, -0.1) is 11.8 Å². The number of carbonyl (C=O) groups excluding carboxylic acids is 1. The molecule has 3 heterocycles. The van der Waals surface area contributed by atoms with Gasteiger partial charge in [-0.05, 0) is 62.0 Å². The fourth-order valence-corrected chi connectivity index (χ4v) is 4.65. The smallest absolute Gasteiger partial charge is 0.220 e. The van der Waals surface area contributed by atoms with Gasteiger partial charge >= 0.3 is 0 Å². The van der Waals surface area contributed by atoms with Crippen molar-refractivity contribution in [2.45, 2.75) is 36.5 Å². The summed E-state index contributed by atoms with van der Waals surface area (Å²) in [6.07, 6.45) is 3.96. The van der Waals surface area contributed by atoms with Crippen molar-refractivity contribution in [3.05, 3.63) is 72.0 Å². The number of carbonyl (C=O) groups is 1. The lowest BCUT2D eigenvalue weighted by molar-refractivity contribution is -0.122. The normalized spacial score (nSPS) is 18.9. The summed E-state index contributed by atoms with van der Waals surface area (Å²) in [6, 6.07) is 16.0. The Hall–Kier alpha value is -2.51. The fraction of sp³-hybridized carbons (Fsp3) is 0.391. The van der Waals surface area contributed by atoms with Crippen molar-refractivity contribution in [2.75, 3.05) is 13.1 Å². The van der Waals surface area contributed by atoms with Crippen LogP contribution in [0.5, 0.6) is 0 Å². The molecule has 158 valence electrons. The van der Waals surface area contributed by atoms with Crippen LogP contribution in [0, 0.1) is 11.8 Å². The Morgan fingerprint density at radius 3 is 2.90 bits per heavy atom. The van der Waals surface area contributed by atoms with E-state index in [9.17, 15) is 4.79 Å². The number of nitrogens with one attached hydrogen (secondary N) is 2. The highest BCUT2D eigenvalue weighted by atomic mass is 32.2. The van der Waals surface area contributed by atoms with Gasteiger partial charge in [0.1, 0.15) is 11.5 Å². The lowest BCUT2D eigenvalue weighted by atomic mass is 9.81. The van der Waals surface area contributed by atoms with Crippen LogP contribution in [0.4, 0.5) is 0 Å². The Labute approximate surface area is 180 Å². The first kappa shape index (κ1) is 20.8. The number of aromatic nitrogens is 1. The Morgan fingerprint density at radius 1 is 1.17 bits per heavy atom. The molecule has 0 saturated carbocycles. The van der Waals surface area contributed by atoms with E-state index in [0.717, 1.165) is 48.9 Å². The molecule has 0 aliphatic carbocycles. The van der Waals surface area contributed by atoms with Gasteiger partial charge in [0.15, 0.2) is 0 Å². The lowest BCUT2D eigenvalue weighted by Crippen LogP contribution is -2.40. The third kappa shape index (κ3) is 6.00. The molecule has 1 aliphatic rings. The van der Waals surface area contributed by atoms with E-state index in [2.05, 4.69) is 34.0 Å². The second kappa shape index (κ2) is 10.5. The van der Waals surface area contributed by atoms with Gasteiger partial charge < -0.3 is 19.6 Å². The number of hydrogen-bond acceptors (Lipinski definition) is 6. The number of thioether (sulfide) groups is 1. The molecule has 1 aromatic carbocycles. The minimum atomic E-state index is 0.0726. The Balaban J connectivity index is 1.27. The van der Waals surface area contributed by atoms with Crippen LogP contribution in [0.1, 0.15) is 30.1 Å². The molecule has 1 fully saturated rings. The molecule has 3 aromatic rings.